The molecule has 0 fully saturated rings. The van der Waals surface area contributed by atoms with E-state index in [9.17, 15) is 14.9 Å². The zero-order valence-corrected chi connectivity index (χ0v) is 23.4. The smallest absolute Gasteiger partial charge is 0.324 e. The van der Waals surface area contributed by atoms with E-state index in [1.165, 1.54) is 17.0 Å². The minimum atomic E-state index is -0.489. The molecule has 0 unspecified atom stereocenters. The highest BCUT2D eigenvalue weighted by Gasteiger charge is 2.13. The number of allylic oxidation sites excluding steroid dienone is 3. The highest BCUT2D eigenvalue weighted by atomic mass is 32.2. The Bertz CT molecular complexity index is 1220. The summed E-state index contributed by atoms with van der Waals surface area (Å²) in [5, 5.41) is 11.1. The van der Waals surface area contributed by atoms with Gasteiger partial charge in [-0.1, -0.05) is 55.2 Å². The van der Waals surface area contributed by atoms with Crippen LogP contribution in [0.2, 0.25) is 0 Å². The lowest BCUT2D eigenvalue weighted by Crippen LogP contribution is -1.97. The van der Waals surface area contributed by atoms with Gasteiger partial charge in [-0.25, -0.2) is 0 Å². The SMILES string of the molecule is C/C=C(/C)S/C(Oc1cccnc1)=C(\C)c1ccc(OCCC)cc1.CCC(=O)c1ccc([N+](=O)[O-])s1. The maximum absolute atomic E-state index is 11.0. The first-order chi connectivity index (χ1) is 17.8. The van der Waals surface area contributed by atoms with Crippen LogP contribution in [0.3, 0.4) is 0 Å². The Labute approximate surface area is 226 Å². The second kappa shape index (κ2) is 15.6. The minimum absolute atomic E-state index is 0.0202. The zero-order chi connectivity index (χ0) is 27.2. The van der Waals surface area contributed by atoms with Gasteiger partial charge in [0, 0.05) is 24.3 Å². The molecule has 196 valence electrons. The molecule has 0 radical (unpaired) electrons. The highest BCUT2D eigenvalue weighted by Crippen LogP contribution is 2.34. The first-order valence-electron chi connectivity index (χ1n) is 11.9. The number of aromatic nitrogens is 1. The van der Waals surface area contributed by atoms with Gasteiger partial charge in [-0.3, -0.25) is 19.9 Å². The highest BCUT2D eigenvalue weighted by molar-refractivity contribution is 8.06. The lowest BCUT2D eigenvalue weighted by atomic mass is 10.1. The van der Waals surface area contributed by atoms with Crippen molar-refractivity contribution in [1.29, 1.82) is 0 Å². The largest absolute Gasteiger partial charge is 0.494 e. The molecule has 3 aromatic rings. The summed E-state index contributed by atoms with van der Waals surface area (Å²) < 4.78 is 11.8. The molecular formula is C28H32N2O5S2. The fourth-order valence-corrected chi connectivity index (χ4v) is 4.43. The van der Waals surface area contributed by atoms with Crippen LogP contribution >= 0.6 is 23.1 Å². The van der Waals surface area contributed by atoms with Gasteiger partial charge in [0.25, 0.3) is 0 Å². The van der Waals surface area contributed by atoms with E-state index in [-0.39, 0.29) is 10.8 Å². The van der Waals surface area contributed by atoms with Gasteiger partial charge >= 0.3 is 5.00 Å². The number of nitro groups is 1. The fourth-order valence-electron chi connectivity index (χ4n) is 2.78. The Balaban J connectivity index is 0.000000335. The minimum Gasteiger partial charge on any atom is -0.494 e. The summed E-state index contributed by atoms with van der Waals surface area (Å²) in [5.41, 5.74) is 2.19. The number of carbonyl (C=O) groups is 1. The van der Waals surface area contributed by atoms with Crippen molar-refractivity contribution >= 4 is 39.5 Å². The van der Waals surface area contributed by atoms with E-state index in [1.807, 2.05) is 31.2 Å². The molecule has 1 aromatic carbocycles. The Morgan fingerprint density at radius 3 is 2.38 bits per heavy atom. The molecule has 0 N–H and O–H groups in total. The van der Waals surface area contributed by atoms with Gasteiger partial charge < -0.3 is 9.47 Å². The Hall–Kier alpha value is -3.43. The molecule has 0 aliphatic heterocycles. The topological polar surface area (TPSA) is 91.6 Å². The Morgan fingerprint density at radius 2 is 1.84 bits per heavy atom. The molecule has 7 nitrogen and oxygen atoms in total. The molecule has 37 heavy (non-hydrogen) atoms. The number of carbonyl (C=O) groups excluding carboxylic acids is 1. The van der Waals surface area contributed by atoms with E-state index in [2.05, 4.69) is 44.0 Å². The molecule has 0 saturated heterocycles. The van der Waals surface area contributed by atoms with Crippen molar-refractivity contribution < 1.29 is 19.2 Å². The average Bonchev–Trinajstić information content (AvgIpc) is 3.43. The van der Waals surface area contributed by atoms with Crippen LogP contribution in [0.5, 0.6) is 11.5 Å². The van der Waals surface area contributed by atoms with Gasteiger partial charge in [0.15, 0.2) is 10.9 Å². The molecule has 0 aliphatic carbocycles. The summed E-state index contributed by atoms with van der Waals surface area (Å²) in [7, 11) is 0. The summed E-state index contributed by atoms with van der Waals surface area (Å²) in [5.74, 6) is 1.58. The summed E-state index contributed by atoms with van der Waals surface area (Å²) in [6.45, 7) is 10.7. The maximum atomic E-state index is 11.0. The molecule has 0 aliphatic rings. The van der Waals surface area contributed by atoms with Gasteiger partial charge in [-0.15, -0.1) is 0 Å². The first kappa shape index (κ1) is 29.8. The van der Waals surface area contributed by atoms with Crippen molar-refractivity contribution in [2.45, 2.75) is 47.5 Å². The normalized spacial score (nSPS) is 11.6. The van der Waals surface area contributed by atoms with Crippen molar-refractivity contribution in [2.75, 3.05) is 6.61 Å². The molecule has 0 saturated carbocycles. The second-order valence-corrected chi connectivity index (χ2v) is 10.0. The van der Waals surface area contributed by atoms with Crippen molar-refractivity contribution in [3.8, 4) is 11.5 Å². The lowest BCUT2D eigenvalue weighted by molar-refractivity contribution is -0.380. The quantitative estimate of drug-likeness (QED) is 0.104. The van der Waals surface area contributed by atoms with Crippen LogP contribution in [0.1, 0.15) is 62.7 Å². The van der Waals surface area contributed by atoms with Gasteiger partial charge in [0.2, 0.25) is 0 Å². The monoisotopic (exact) mass is 540 g/mol. The van der Waals surface area contributed by atoms with Crippen molar-refractivity contribution in [1.82, 2.24) is 4.98 Å². The van der Waals surface area contributed by atoms with Gasteiger partial charge in [0.1, 0.15) is 11.5 Å². The summed E-state index contributed by atoms with van der Waals surface area (Å²) in [4.78, 5) is 26.5. The van der Waals surface area contributed by atoms with Crippen LogP contribution < -0.4 is 9.47 Å². The molecule has 3 rings (SSSR count). The maximum Gasteiger partial charge on any atom is 0.324 e. The predicted molar refractivity (Wildman–Crippen MR) is 152 cm³/mol. The third-order valence-corrected chi connectivity index (χ3v) is 7.15. The lowest BCUT2D eigenvalue weighted by Gasteiger charge is -2.14. The number of thioether (sulfide) groups is 1. The van der Waals surface area contributed by atoms with Crippen molar-refractivity contribution in [3.63, 3.8) is 0 Å². The molecule has 2 heterocycles. The van der Waals surface area contributed by atoms with Crippen LogP contribution in [-0.4, -0.2) is 22.3 Å². The molecule has 2 aromatic heterocycles. The summed E-state index contributed by atoms with van der Waals surface area (Å²) in [6, 6.07) is 14.8. The standard InChI is InChI=1S/C21H25NO2S.C7H7NO3S/c1-5-14-23-19-11-9-18(10-12-19)17(4)21(25-16(3)6-2)24-20-8-7-13-22-15-20;1-2-5(9)6-3-4-7(12-6)8(10)11/h6-13,15H,5,14H2,1-4H3;3-4H,2H2,1H3/b16-6-,21-17+;. The number of benzene rings is 1. The first-order valence-corrected chi connectivity index (χ1v) is 13.5. The van der Waals surface area contributed by atoms with Crippen LogP contribution in [-0.2, 0) is 0 Å². The predicted octanol–water partition coefficient (Wildman–Crippen LogP) is 8.54. The van der Waals surface area contributed by atoms with Crippen LogP contribution in [0.15, 0.2) is 77.0 Å². The Morgan fingerprint density at radius 1 is 1.11 bits per heavy atom. The van der Waals surface area contributed by atoms with Gasteiger partial charge in [-0.05, 0) is 68.0 Å². The van der Waals surface area contributed by atoms with E-state index >= 15 is 0 Å². The van der Waals surface area contributed by atoms with Crippen molar-refractivity contribution in [2.24, 2.45) is 0 Å². The number of hydrogen-bond donors (Lipinski definition) is 0. The van der Waals surface area contributed by atoms with Crippen LogP contribution in [0, 0.1) is 10.1 Å². The van der Waals surface area contributed by atoms with E-state index in [0.717, 1.165) is 52.1 Å². The van der Waals surface area contributed by atoms with Crippen molar-refractivity contribution in [3.05, 3.63) is 97.6 Å². The molecular weight excluding hydrogens is 508 g/mol. The van der Waals surface area contributed by atoms with Crippen LogP contribution in [0.25, 0.3) is 5.57 Å². The van der Waals surface area contributed by atoms with E-state index in [1.54, 1.807) is 31.1 Å². The zero-order valence-electron chi connectivity index (χ0n) is 21.7. The fraction of sp³-hybridized carbons (Fsp3) is 0.286. The molecule has 9 heteroatoms. The molecule has 0 atom stereocenters. The van der Waals surface area contributed by atoms with E-state index in [4.69, 9.17) is 9.47 Å². The second-order valence-electron chi connectivity index (χ2n) is 7.75. The number of pyridine rings is 1. The third kappa shape index (κ3) is 9.86. The summed E-state index contributed by atoms with van der Waals surface area (Å²) >= 11 is 2.55. The molecule has 0 bridgehead atoms. The van der Waals surface area contributed by atoms with E-state index in [0.29, 0.717) is 11.3 Å². The number of hydrogen-bond acceptors (Lipinski definition) is 8. The molecule has 0 spiro atoms. The number of Topliss-reactive ketones (excluding diaryl/α,β-unsaturated/α-hetero) is 1. The van der Waals surface area contributed by atoms with Crippen LogP contribution in [0.4, 0.5) is 5.00 Å². The molecule has 0 amide bonds. The third-order valence-electron chi connectivity index (χ3n) is 4.94. The average molecular weight is 541 g/mol. The Kier molecular flexibility index (Phi) is 12.6. The number of nitrogens with zero attached hydrogens (tertiary/aromatic N) is 2. The van der Waals surface area contributed by atoms with Gasteiger partial charge in [0.05, 0.1) is 22.6 Å². The number of rotatable bonds is 11. The summed E-state index contributed by atoms with van der Waals surface area (Å²) in [6.07, 6.45) is 6.93. The van der Waals surface area contributed by atoms with Gasteiger partial charge in [-0.2, -0.15) is 0 Å². The van der Waals surface area contributed by atoms with E-state index < -0.39 is 4.92 Å². The number of ether oxygens (including phenoxy) is 2. The number of ketones is 1. The number of thiophene rings is 1.